The number of rotatable bonds is 9. The maximum absolute atomic E-state index is 11.8. The lowest BCUT2D eigenvalue weighted by Crippen LogP contribution is -2.42. The number of nitrogens with one attached hydrogen (secondary N) is 3. The lowest BCUT2D eigenvalue weighted by atomic mass is 9.98. The van der Waals surface area contributed by atoms with Crippen LogP contribution in [0.5, 0.6) is 0 Å². The number of fused-ring (bicyclic) bond motifs is 2. The van der Waals surface area contributed by atoms with Crippen molar-refractivity contribution >= 4 is 35.0 Å². The Morgan fingerprint density at radius 1 is 1.21 bits per heavy atom. The molecule has 2 bridgehead atoms. The van der Waals surface area contributed by atoms with Crippen LogP contribution in [0.2, 0.25) is 5.02 Å². The van der Waals surface area contributed by atoms with Gasteiger partial charge >= 0.3 is 0 Å². The van der Waals surface area contributed by atoms with Crippen molar-refractivity contribution in [3.8, 4) is 0 Å². The van der Waals surface area contributed by atoms with Crippen LogP contribution < -0.4 is 16.0 Å². The van der Waals surface area contributed by atoms with Crippen LogP contribution in [-0.2, 0) is 9.53 Å². The second kappa shape index (κ2) is 10.1. The highest BCUT2D eigenvalue weighted by molar-refractivity contribution is 6.32. The molecule has 0 aromatic carbocycles. The summed E-state index contributed by atoms with van der Waals surface area (Å²) >= 11 is 6.29. The fraction of sp³-hybridized carbons (Fsp3) is 0.652. The van der Waals surface area contributed by atoms with E-state index in [2.05, 4.69) is 48.7 Å². The highest BCUT2D eigenvalue weighted by Crippen LogP contribution is 2.40. The Hall–Kier alpha value is -2.43. The summed E-state index contributed by atoms with van der Waals surface area (Å²) in [4.78, 5) is 23.3. The molecule has 1 amide bonds. The zero-order valence-corrected chi connectivity index (χ0v) is 20.5. The van der Waals surface area contributed by atoms with Crippen molar-refractivity contribution in [1.29, 1.82) is 0 Å². The molecular formula is C23H33ClN8O2. The minimum absolute atomic E-state index is 0.000277. The molecule has 0 spiro atoms. The molecule has 3 N–H and O–H groups in total. The van der Waals surface area contributed by atoms with Gasteiger partial charge < -0.3 is 25.6 Å². The number of carbonyl (C=O) groups excluding carboxylic acids is 1. The number of anilines is 3. The minimum Gasteiger partial charge on any atom is -0.380 e. The Morgan fingerprint density at radius 3 is 2.68 bits per heavy atom. The van der Waals surface area contributed by atoms with Gasteiger partial charge in [-0.15, -0.1) is 0 Å². The van der Waals surface area contributed by atoms with Crippen molar-refractivity contribution in [3.63, 3.8) is 0 Å². The number of hydrogen-bond donors (Lipinski definition) is 3. The summed E-state index contributed by atoms with van der Waals surface area (Å²) < 4.78 is 7.17. The number of carbonyl (C=O) groups is 1. The number of ether oxygens (including phenoxy) is 1. The molecule has 2 atom stereocenters. The molecule has 34 heavy (non-hydrogen) atoms. The van der Waals surface area contributed by atoms with Gasteiger partial charge in [0.05, 0.1) is 42.8 Å². The number of aryl methyl sites for hydroxylation is 1. The first-order valence-electron chi connectivity index (χ1n) is 12.1. The molecule has 3 aliphatic rings. The van der Waals surface area contributed by atoms with E-state index in [9.17, 15) is 4.79 Å². The number of piperidine rings is 1. The Kier molecular flexibility index (Phi) is 6.89. The molecule has 0 saturated carbocycles. The van der Waals surface area contributed by atoms with Crippen LogP contribution in [-0.4, -0.2) is 76.0 Å². The van der Waals surface area contributed by atoms with Gasteiger partial charge in [0.25, 0.3) is 0 Å². The van der Waals surface area contributed by atoms with E-state index in [1.54, 1.807) is 6.20 Å². The quantitative estimate of drug-likeness (QED) is 0.462. The molecule has 2 unspecified atom stereocenters. The largest absolute Gasteiger partial charge is 0.380 e. The third-order valence-corrected chi connectivity index (χ3v) is 7.59. The average Bonchev–Trinajstić information content (AvgIpc) is 3.21. The van der Waals surface area contributed by atoms with E-state index in [1.807, 2.05) is 6.92 Å². The number of aromatic nitrogens is 4. The van der Waals surface area contributed by atoms with Gasteiger partial charge in [0.2, 0.25) is 11.9 Å². The van der Waals surface area contributed by atoms with Crippen molar-refractivity contribution < 1.29 is 9.53 Å². The number of amides is 1. The normalized spacial score (nSPS) is 24.6. The van der Waals surface area contributed by atoms with Crippen molar-refractivity contribution in [2.75, 3.05) is 44.0 Å². The van der Waals surface area contributed by atoms with Crippen LogP contribution >= 0.6 is 11.6 Å². The zero-order valence-electron chi connectivity index (χ0n) is 19.8. The van der Waals surface area contributed by atoms with E-state index in [1.165, 1.54) is 12.8 Å². The van der Waals surface area contributed by atoms with E-state index < -0.39 is 0 Å². The molecule has 11 heteroatoms. The van der Waals surface area contributed by atoms with E-state index in [4.69, 9.17) is 21.4 Å². The molecule has 0 aliphatic carbocycles. The fourth-order valence-electron chi connectivity index (χ4n) is 5.10. The summed E-state index contributed by atoms with van der Waals surface area (Å²) in [5.74, 6) is 1.09. The smallest absolute Gasteiger partial charge is 0.229 e. The second-order valence-corrected chi connectivity index (χ2v) is 10.0. The zero-order chi connectivity index (χ0) is 23.7. The predicted molar refractivity (Wildman–Crippen MR) is 131 cm³/mol. The Morgan fingerprint density at radius 2 is 1.97 bits per heavy atom. The van der Waals surface area contributed by atoms with Gasteiger partial charge in [0.15, 0.2) is 0 Å². The molecule has 2 aromatic heterocycles. The molecule has 3 saturated heterocycles. The molecule has 184 valence electrons. The van der Waals surface area contributed by atoms with Gasteiger partial charge in [-0.25, -0.2) is 4.98 Å². The number of halogens is 1. The Bertz CT molecular complexity index is 1010. The molecular weight excluding hydrogens is 456 g/mol. The van der Waals surface area contributed by atoms with Crippen LogP contribution in [0.3, 0.4) is 0 Å². The van der Waals surface area contributed by atoms with Crippen LogP contribution in [0.4, 0.5) is 17.5 Å². The van der Waals surface area contributed by atoms with E-state index in [0.29, 0.717) is 61.2 Å². The molecule has 2 aromatic rings. The summed E-state index contributed by atoms with van der Waals surface area (Å²) in [6, 6.07) is 1.76. The first-order chi connectivity index (χ1) is 16.5. The third-order valence-electron chi connectivity index (χ3n) is 7.31. The summed E-state index contributed by atoms with van der Waals surface area (Å²) in [6.07, 6.45) is 9.30. The predicted octanol–water partition coefficient (Wildman–Crippen LogP) is 2.74. The van der Waals surface area contributed by atoms with Crippen molar-refractivity contribution in [3.05, 3.63) is 23.1 Å². The summed E-state index contributed by atoms with van der Waals surface area (Å²) in [5, 5.41) is 14.7. The van der Waals surface area contributed by atoms with E-state index >= 15 is 0 Å². The second-order valence-electron chi connectivity index (χ2n) is 9.60. The lowest BCUT2D eigenvalue weighted by molar-refractivity contribution is -0.138. The van der Waals surface area contributed by atoms with Crippen molar-refractivity contribution in [1.82, 2.24) is 30.0 Å². The number of nitrogens with zero attached hydrogens (tertiary/aromatic N) is 5. The number of hydrogen-bond acceptors (Lipinski definition) is 8. The minimum atomic E-state index is 0.000277. The molecule has 3 aliphatic heterocycles. The van der Waals surface area contributed by atoms with Gasteiger partial charge in [0, 0.05) is 31.4 Å². The maximum atomic E-state index is 11.8. The van der Waals surface area contributed by atoms with Gasteiger partial charge in [-0.1, -0.05) is 11.6 Å². The maximum Gasteiger partial charge on any atom is 0.229 e. The van der Waals surface area contributed by atoms with E-state index in [-0.39, 0.29) is 11.8 Å². The first-order valence-corrected chi connectivity index (χ1v) is 12.5. The van der Waals surface area contributed by atoms with Gasteiger partial charge in [-0.3, -0.25) is 9.48 Å². The van der Waals surface area contributed by atoms with Crippen molar-refractivity contribution in [2.24, 2.45) is 5.92 Å². The third kappa shape index (κ3) is 4.99. The fourth-order valence-corrected chi connectivity index (χ4v) is 5.26. The van der Waals surface area contributed by atoms with Gasteiger partial charge in [0.1, 0.15) is 10.8 Å². The first kappa shape index (κ1) is 23.3. The highest BCUT2D eigenvalue weighted by Gasteiger charge is 2.39. The monoisotopic (exact) mass is 488 g/mol. The molecule has 5 heterocycles. The lowest BCUT2D eigenvalue weighted by Gasteiger charge is -2.36. The standard InChI is InChI=1S/C23H33ClN8O2/c1-14-20(11-32(30-14)18-8-16-4-5-17(9-18)31(16)2)28-23-27-10-19(24)21(29-23)25-6-3-7-26-22(33)15-12-34-13-15/h10-11,15-18H,3-9,12-13H2,1-2H3,(H,26,33)(H2,25,27,28,29). The van der Waals surface area contributed by atoms with Crippen molar-refractivity contribution in [2.45, 2.75) is 57.2 Å². The SMILES string of the molecule is Cc1nn(C2CC3CCC(C2)N3C)cc1Nc1ncc(Cl)c(NCCCNC(=O)C2COC2)n1. The molecule has 0 radical (unpaired) electrons. The van der Waals surface area contributed by atoms with Crippen LogP contribution in [0.15, 0.2) is 12.4 Å². The van der Waals surface area contributed by atoms with Crippen LogP contribution in [0, 0.1) is 12.8 Å². The topological polar surface area (TPSA) is 109 Å². The average molecular weight is 489 g/mol. The van der Waals surface area contributed by atoms with Gasteiger partial charge in [-0.05, 0) is 46.1 Å². The Balaban J connectivity index is 1.15. The molecule has 3 fully saturated rings. The molecule has 10 nitrogen and oxygen atoms in total. The highest BCUT2D eigenvalue weighted by atomic mass is 35.5. The Labute approximate surface area is 204 Å². The van der Waals surface area contributed by atoms with Crippen LogP contribution in [0.1, 0.15) is 43.8 Å². The van der Waals surface area contributed by atoms with Crippen LogP contribution in [0.25, 0.3) is 0 Å². The molecule has 5 rings (SSSR count). The summed E-state index contributed by atoms with van der Waals surface area (Å²) in [7, 11) is 2.25. The van der Waals surface area contributed by atoms with E-state index in [0.717, 1.165) is 30.6 Å². The summed E-state index contributed by atoms with van der Waals surface area (Å²) in [6.45, 7) is 4.27. The summed E-state index contributed by atoms with van der Waals surface area (Å²) in [5.41, 5.74) is 1.83. The van der Waals surface area contributed by atoms with Gasteiger partial charge in [-0.2, -0.15) is 10.1 Å².